The van der Waals surface area contributed by atoms with E-state index in [1.54, 1.807) is 0 Å². The zero-order valence-corrected chi connectivity index (χ0v) is 8.54. The van der Waals surface area contributed by atoms with Crippen LogP contribution in [0.25, 0.3) is 0 Å². The highest BCUT2D eigenvalue weighted by atomic mass is 19.4. The molecular weight excluding hydrogens is 229 g/mol. The van der Waals surface area contributed by atoms with Crippen LogP contribution in [0.1, 0.15) is 12.8 Å². The summed E-state index contributed by atoms with van der Waals surface area (Å²) in [6, 6.07) is 0. The van der Waals surface area contributed by atoms with E-state index in [0.29, 0.717) is 6.42 Å². The fourth-order valence-corrected chi connectivity index (χ4v) is 1.97. The minimum atomic E-state index is -4.42. The maximum atomic E-state index is 12.4. The number of hydrogen-bond donors (Lipinski definition) is 0. The standard InChI is InChI=1S/C9H11F3O4/c1-14-7(13)6-8(16-6)2-3-15-5(4-8)9(10,11)12/h5-6H,2-4H2,1H3. The molecular formula is C9H11F3O4. The number of esters is 1. The summed E-state index contributed by atoms with van der Waals surface area (Å²) in [5, 5.41) is 0. The van der Waals surface area contributed by atoms with E-state index < -0.39 is 30.0 Å². The minimum absolute atomic E-state index is 0.0579. The van der Waals surface area contributed by atoms with E-state index in [1.807, 2.05) is 0 Å². The summed E-state index contributed by atoms with van der Waals surface area (Å²) in [7, 11) is 1.18. The minimum Gasteiger partial charge on any atom is -0.467 e. The van der Waals surface area contributed by atoms with Crippen LogP contribution in [0.15, 0.2) is 0 Å². The van der Waals surface area contributed by atoms with Crippen molar-refractivity contribution in [3.05, 3.63) is 0 Å². The Morgan fingerprint density at radius 1 is 1.50 bits per heavy atom. The Bertz CT molecular complexity index is 304. The molecule has 0 aromatic rings. The molecule has 0 aliphatic carbocycles. The molecule has 4 nitrogen and oxygen atoms in total. The monoisotopic (exact) mass is 240 g/mol. The molecule has 2 fully saturated rings. The van der Waals surface area contributed by atoms with Crippen molar-refractivity contribution in [3.63, 3.8) is 0 Å². The van der Waals surface area contributed by atoms with Gasteiger partial charge in [-0.1, -0.05) is 0 Å². The lowest BCUT2D eigenvalue weighted by molar-refractivity contribution is -0.237. The molecule has 3 unspecified atom stereocenters. The highest BCUT2D eigenvalue weighted by Gasteiger charge is 2.65. The second kappa shape index (κ2) is 3.59. The highest BCUT2D eigenvalue weighted by Crippen LogP contribution is 2.49. The van der Waals surface area contributed by atoms with Crippen molar-refractivity contribution in [2.45, 2.75) is 36.8 Å². The molecule has 0 aromatic carbocycles. The van der Waals surface area contributed by atoms with Gasteiger partial charge in [0, 0.05) is 12.8 Å². The average Bonchev–Trinajstić information content (AvgIpc) is 2.90. The molecule has 16 heavy (non-hydrogen) atoms. The maximum absolute atomic E-state index is 12.4. The normalized spacial score (nSPS) is 38.5. The Hall–Kier alpha value is -0.820. The van der Waals surface area contributed by atoms with Gasteiger partial charge in [-0.25, -0.2) is 4.79 Å². The van der Waals surface area contributed by atoms with Gasteiger partial charge in [-0.2, -0.15) is 13.2 Å². The second-order valence-corrected chi connectivity index (χ2v) is 3.94. The van der Waals surface area contributed by atoms with Crippen molar-refractivity contribution in [1.29, 1.82) is 0 Å². The van der Waals surface area contributed by atoms with Crippen LogP contribution < -0.4 is 0 Å². The first-order chi connectivity index (χ1) is 7.39. The van der Waals surface area contributed by atoms with E-state index in [0.717, 1.165) is 0 Å². The Morgan fingerprint density at radius 2 is 2.19 bits per heavy atom. The van der Waals surface area contributed by atoms with Crippen LogP contribution in [0.4, 0.5) is 13.2 Å². The summed E-state index contributed by atoms with van der Waals surface area (Å²) in [6.07, 6.45) is -7.18. The van der Waals surface area contributed by atoms with E-state index in [2.05, 4.69) is 9.47 Å². The molecule has 92 valence electrons. The van der Waals surface area contributed by atoms with Crippen molar-refractivity contribution in [1.82, 2.24) is 0 Å². The number of halogens is 3. The molecule has 0 saturated carbocycles. The third kappa shape index (κ3) is 1.89. The number of alkyl halides is 3. The van der Waals surface area contributed by atoms with Gasteiger partial charge in [0.25, 0.3) is 0 Å². The predicted molar refractivity (Wildman–Crippen MR) is 44.6 cm³/mol. The molecule has 2 heterocycles. The maximum Gasteiger partial charge on any atom is 0.414 e. The topological polar surface area (TPSA) is 48.1 Å². The van der Waals surface area contributed by atoms with Gasteiger partial charge in [-0.15, -0.1) is 0 Å². The van der Waals surface area contributed by atoms with Gasteiger partial charge in [-0.3, -0.25) is 0 Å². The fourth-order valence-electron chi connectivity index (χ4n) is 1.97. The number of rotatable bonds is 1. The molecule has 0 radical (unpaired) electrons. The number of epoxide rings is 1. The second-order valence-electron chi connectivity index (χ2n) is 3.94. The zero-order chi connectivity index (χ0) is 12.0. The van der Waals surface area contributed by atoms with Crippen molar-refractivity contribution in [2.24, 2.45) is 0 Å². The SMILES string of the molecule is COC(=O)C1OC12CCOC(C(F)(F)F)C2. The van der Waals surface area contributed by atoms with E-state index in [-0.39, 0.29) is 13.0 Å². The van der Waals surface area contributed by atoms with E-state index >= 15 is 0 Å². The lowest BCUT2D eigenvalue weighted by Crippen LogP contribution is -2.42. The summed E-state index contributed by atoms with van der Waals surface area (Å²) in [4.78, 5) is 11.1. The lowest BCUT2D eigenvalue weighted by atomic mass is 9.91. The number of carbonyl (C=O) groups excluding carboxylic acids is 1. The molecule has 0 N–H and O–H groups in total. The third-order valence-electron chi connectivity index (χ3n) is 2.93. The van der Waals surface area contributed by atoms with E-state index in [1.165, 1.54) is 7.11 Å². The van der Waals surface area contributed by atoms with Crippen LogP contribution in [-0.2, 0) is 19.0 Å². The van der Waals surface area contributed by atoms with Crippen LogP contribution in [-0.4, -0.2) is 43.7 Å². The molecule has 2 aliphatic rings. The van der Waals surface area contributed by atoms with Gasteiger partial charge in [-0.05, 0) is 0 Å². The van der Waals surface area contributed by atoms with Crippen LogP contribution in [0, 0.1) is 0 Å². The van der Waals surface area contributed by atoms with Crippen molar-refractivity contribution >= 4 is 5.97 Å². The molecule has 0 aromatic heterocycles. The van der Waals surface area contributed by atoms with Crippen LogP contribution >= 0.6 is 0 Å². The van der Waals surface area contributed by atoms with Gasteiger partial charge in [0.15, 0.2) is 12.2 Å². The van der Waals surface area contributed by atoms with Crippen molar-refractivity contribution in [3.8, 4) is 0 Å². The number of hydrogen-bond acceptors (Lipinski definition) is 4. The lowest BCUT2D eigenvalue weighted by Gasteiger charge is -2.29. The van der Waals surface area contributed by atoms with E-state index in [4.69, 9.17) is 4.74 Å². The molecule has 2 saturated heterocycles. The fraction of sp³-hybridized carbons (Fsp3) is 0.889. The van der Waals surface area contributed by atoms with Gasteiger partial charge < -0.3 is 14.2 Å². The van der Waals surface area contributed by atoms with Gasteiger partial charge >= 0.3 is 12.1 Å². The van der Waals surface area contributed by atoms with E-state index in [9.17, 15) is 18.0 Å². The third-order valence-corrected chi connectivity index (χ3v) is 2.93. The summed E-state index contributed by atoms with van der Waals surface area (Å²) in [6.45, 7) is -0.0579. The predicted octanol–water partition coefficient (Wildman–Crippen LogP) is 1.04. The van der Waals surface area contributed by atoms with Crippen molar-refractivity contribution < 1.29 is 32.2 Å². The van der Waals surface area contributed by atoms with Gasteiger partial charge in [0.2, 0.25) is 0 Å². The number of methoxy groups -OCH3 is 1. The van der Waals surface area contributed by atoms with Crippen LogP contribution in [0.2, 0.25) is 0 Å². The number of ether oxygens (including phenoxy) is 3. The first-order valence-corrected chi connectivity index (χ1v) is 4.83. The zero-order valence-electron chi connectivity index (χ0n) is 8.54. The molecule has 3 atom stereocenters. The molecule has 0 amide bonds. The van der Waals surface area contributed by atoms with Crippen molar-refractivity contribution in [2.75, 3.05) is 13.7 Å². The van der Waals surface area contributed by atoms with Gasteiger partial charge in [0.05, 0.1) is 13.7 Å². The Kier molecular flexibility index (Phi) is 2.62. The molecule has 7 heteroatoms. The largest absolute Gasteiger partial charge is 0.467 e. The highest BCUT2D eigenvalue weighted by molar-refractivity contribution is 5.79. The smallest absolute Gasteiger partial charge is 0.414 e. The molecule has 0 bridgehead atoms. The summed E-state index contributed by atoms with van der Waals surface area (Å²) in [5.41, 5.74) is -1.02. The summed E-state index contributed by atoms with van der Waals surface area (Å²) in [5.74, 6) is -0.622. The Balaban J connectivity index is 2.02. The quantitative estimate of drug-likeness (QED) is 0.507. The summed E-state index contributed by atoms with van der Waals surface area (Å²) < 4.78 is 51.4. The first-order valence-electron chi connectivity index (χ1n) is 4.83. The molecule has 1 spiro atoms. The Morgan fingerprint density at radius 3 is 2.75 bits per heavy atom. The number of carbonyl (C=O) groups is 1. The Labute approximate surface area is 89.6 Å². The first kappa shape index (κ1) is 11.7. The van der Waals surface area contributed by atoms with Crippen LogP contribution in [0.3, 0.4) is 0 Å². The molecule has 2 rings (SSSR count). The van der Waals surface area contributed by atoms with Gasteiger partial charge in [0.1, 0.15) is 5.60 Å². The van der Waals surface area contributed by atoms with Crippen LogP contribution in [0.5, 0.6) is 0 Å². The molecule has 2 aliphatic heterocycles. The average molecular weight is 240 g/mol. The summed E-state index contributed by atoms with van der Waals surface area (Å²) >= 11 is 0.